The van der Waals surface area contributed by atoms with Gasteiger partial charge in [-0.2, -0.15) is 5.10 Å². The van der Waals surface area contributed by atoms with Crippen molar-refractivity contribution in [3.8, 4) is 11.6 Å². The molecular weight excluding hydrogens is 351 g/mol. The van der Waals surface area contributed by atoms with Crippen LogP contribution in [0.1, 0.15) is 19.3 Å². The van der Waals surface area contributed by atoms with Gasteiger partial charge in [0.2, 0.25) is 11.8 Å². The highest BCUT2D eigenvalue weighted by atomic mass is 35.5. The number of amides is 1. The van der Waals surface area contributed by atoms with Crippen molar-refractivity contribution in [3.05, 3.63) is 42.6 Å². The van der Waals surface area contributed by atoms with Gasteiger partial charge >= 0.3 is 0 Å². The highest BCUT2D eigenvalue weighted by Crippen LogP contribution is 2.27. The van der Waals surface area contributed by atoms with E-state index in [4.69, 9.17) is 10.5 Å². The normalized spacial score (nSPS) is 18.9. The summed E-state index contributed by atoms with van der Waals surface area (Å²) in [5, 5.41) is 10.5. The molecule has 0 bridgehead atoms. The van der Waals surface area contributed by atoms with Gasteiger partial charge in [0.1, 0.15) is 5.75 Å². The number of nitrogens with one attached hydrogen (secondary N) is 1. The quantitative estimate of drug-likeness (QED) is 0.862. The van der Waals surface area contributed by atoms with Crippen LogP contribution in [0.3, 0.4) is 0 Å². The summed E-state index contributed by atoms with van der Waals surface area (Å²) in [6.45, 7) is 0. The van der Waals surface area contributed by atoms with Gasteiger partial charge < -0.3 is 15.8 Å². The second-order valence-electron chi connectivity index (χ2n) is 5.45. The summed E-state index contributed by atoms with van der Waals surface area (Å²) < 4.78 is 5.60. The third-order valence-corrected chi connectivity index (χ3v) is 3.72. The molecule has 1 aliphatic carbocycles. The van der Waals surface area contributed by atoms with Crippen molar-refractivity contribution in [3.63, 3.8) is 0 Å². The zero-order valence-corrected chi connectivity index (χ0v) is 14.6. The number of halogens is 2. The minimum atomic E-state index is -0.000403. The van der Waals surface area contributed by atoms with Gasteiger partial charge in [0.05, 0.1) is 0 Å². The molecule has 1 aromatic heterocycles. The number of hydrogen-bond donors (Lipinski definition) is 2. The van der Waals surface area contributed by atoms with Gasteiger partial charge in [-0.1, -0.05) is 6.07 Å². The number of rotatable bonds is 4. The number of nitrogens with two attached hydrogens (primary N) is 1. The number of carbonyl (C=O) groups is 1. The second kappa shape index (κ2) is 9.42. The van der Waals surface area contributed by atoms with Crippen molar-refractivity contribution >= 4 is 36.4 Å². The summed E-state index contributed by atoms with van der Waals surface area (Å²) in [4.78, 5) is 12.2. The summed E-state index contributed by atoms with van der Waals surface area (Å²) in [6.07, 6.45) is 4.09. The third kappa shape index (κ3) is 5.33. The summed E-state index contributed by atoms with van der Waals surface area (Å²) >= 11 is 0. The predicted octanol–water partition coefficient (Wildman–Crippen LogP) is 3.18. The van der Waals surface area contributed by atoms with Crippen LogP contribution in [0.25, 0.3) is 0 Å². The number of benzene rings is 1. The average Bonchev–Trinajstić information content (AvgIpc) is 2.95. The Labute approximate surface area is 153 Å². The highest BCUT2D eigenvalue weighted by Gasteiger charge is 2.27. The van der Waals surface area contributed by atoms with Crippen molar-refractivity contribution in [2.45, 2.75) is 25.3 Å². The molecule has 1 saturated carbocycles. The maximum absolute atomic E-state index is 12.2. The van der Waals surface area contributed by atoms with E-state index < -0.39 is 0 Å². The first kappa shape index (κ1) is 20.2. The van der Waals surface area contributed by atoms with Crippen LogP contribution >= 0.6 is 24.8 Å². The molecule has 130 valence electrons. The largest absolute Gasteiger partial charge is 0.437 e. The van der Waals surface area contributed by atoms with Crippen molar-refractivity contribution < 1.29 is 9.53 Å². The molecule has 2 aromatic rings. The Morgan fingerprint density at radius 2 is 2.04 bits per heavy atom. The van der Waals surface area contributed by atoms with E-state index in [0.29, 0.717) is 17.3 Å². The van der Waals surface area contributed by atoms with Crippen LogP contribution in [-0.2, 0) is 4.79 Å². The number of hydrogen-bond acceptors (Lipinski definition) is 5. The maximum Gasteiger partial charge on any atom is 0.238 e. The first-order valence-corrected chi connectivity index (χ1v) is 7.33. The first-order chi connectivity index (χ1) is 10.7. The molecule has 3 N–H and O–H groups in total. The van der Waals surface area contributed by atoms with Crippen molar-refractivity contribution in [2.24, 2.45) is 11.7 Å². The molecule has 6 nitrogen and oxygen atoms in total. The Morgan fingerprint density at radius 3 is 2.71 bits per heavy atom. The zero-order valence-electron chi connectivity index (χ0n) is 12.9. The molecule has 1 amide bonds. The van der Waals surface area contributed by atoms with E-state index in [1.165, 1.54) is 0 Å². The van der Waals surface area contributed by atoms with Crippen molar-refractivity contribution in [1.29, 1.82) is 0 Å². The van der Waals surface area contributed by atoms with Gasteiger partial charge in [0.25, 0.3) is 0 Å². The van der Waals surface area contributed by atoms with Crippen LogP contribution in [0.2, 0.25) is 0 Å². The zero-order chi connectivity index (χ0) is 15.4. The van der Waals surface area contributed by atoms with Gasteiger partial charge in [-0.25, -0.2) is 0 Å². The smallest absolute Gasteiger partial charge is 0.238 e. The first-order valence-electron chi connectivity index (χ1n) is 7.33. The van der Waals surface area contributed by atoms with E-state index in [1.54, 1.807) is 30.5 Å². The predicted molar refractivity (Wildman–Crippen MR) is 97.0 cm³/mol. The average molecular weight is 371 g/mol. The van der Waals surface area contributed by atoms with Crippen LogP contribution < -0.4 is 15.8 Å². The Balaban J connectivity index is 0.00000144. The Bertz CT molecular complexity index is 658. The molecule has 2 unspecified atom stereocenters. The molecule has 3 rings (SSSR count). The van der Waals surface area contributed by atoms with E-state index in [1.807, 2.05) is 12.1 Å². The second-order valence-corrected chi connectivity index (χ2v) is 5.45. The van der Waals surface area contributed by atoms with E-state index >= 15 is 0 Å². The van der Waals surface area contributed by atoms with Gasteiger partial charge in [-0.3, -0.25) is 4.79 Å². The number of anilines is 1. The number of ether oxygens (including phenoxy) is 1. The molecule has 1 heterocycles. The molecule has 0 aliphatic heterocycles. The third-order valence-electron chi connectivity index (χ3n) is 3.72. The molecule has 0 saturated heterocycles. The van der Waals surface area contributed by atoms with Crippen LogP contribution in [-0.4, -0.2) is 22.1 Å². The van der Waals surface area contributed by atoms with Crippen molar-refractivity contribution in [1.82, 2.24) is 10.2 Å². The van der Waals surface area contributed by atoms with E-state index in [-0.39, 0.29) is 42.7 Å². The molecular formula is C16H20Cl2N4O2. The lowest BCUT2D eigenvalue weighted by atomic mass is 10.1. The van der Waals surface area contributed by atoms with Crippen LogP contribution in [0.15, 0.2) is 42.6 Å². The summed E-state index contributed by atoms with van der Waals surface area (Å²) in [5.74, 6) is 1.03. The van der Waals surface area contributed by atoms with Gasteiger partial charge in [-0.05, 0) is 37.5 Å². The number of aromatic nitrogens is 2. The molecule has 0 radical (unpaired) electrons. The minimum absolute atomic E-state index is 0. The topological polar surface area (TPSA) is 90.1 Å². The van der Waals surface area contributed by atoms with Gasteiger partial charge in [-0.15, -0.1) is 29.9 Å². The number of carbonyl (C=O) groups excluding carboxylic acids is 1. The Hall–Kier alpha value is -1.89. The van der Waals surface area contributed by atoms with Crippen molar-refractivity contribution in [2.75, 3.05) is 5.32 Å². The lowest BCUT2D eigenvalue weighted by molar-refractivity contribution is -0.119. The molecule has 24 heavy (non-hydrogen) atoms. The fourth-order valence-corrected chi connectivity index (χ4v) is 2.60. The molecule has 2 atom stereocenters. The fourth-order valence-electron chi connectivity index (χ4n) is 2.60. The lowest BCUT2D eigenvalue weighted by Crippen LogP contribution is -2.23. The monoisotopic (exact) mass is 370 g/mol. The standard InChI is InChI=1S/C16H18N4O2.2ClH/c17-12-7-6-11(9-12)16(21)19-13-3-1-4-14(10-13)22-15-5-2-8-18-20-15;;/h1-5,8,10-12H,6-7,9,17H2,(H,19,21);2*1H. The van der Waals surface area contributed by atoms with E-state index in [9.17, 15) is 4.79 Å². The molecule has 1 aromatic carbocycles. The Kier molecular flexibility index (Phi) is 7.91. The molecule has 1 fully saturated rings. The van der Waals surface area contributed by atoms with Crippen LogP contribution in [0.4, 0.5) is 5.69 Å². The van der Waals surface area contributed by atoms with E-state index in [2.05, 4.69) is 15.5 Å². The minimum Gasteiger partial charge on any atom is -0.437 e. The van der Waals surface area contributed by atoms with E-state index in [0.717, 1.165) is 19.3 Å². The van der Waals surface area contributed by atoms with Crippen LogP contribution in [0.5, 0.6) is 11.6 Å². The number of nitrogens with zero attached hydrogens (tertiary/aromatic N) is 2. The molecule has 0 spiro atoms. The Morgan fingerprint density at radius 1 is 1.21 bits per heavy atom. The maximum atomic E-state index is 12.2. The fraction of sp³-hybridized carbons (Fsp3) is 0.312. The SMILES string of the molecule is Cl.Cl.NC1CCC(C(=O)Nc2cccc(Oc3cccnn3)c2)C1. The summed E-state index contributed by atoms with van der Waals surface area (Å²) in [6, 6.07) is 10.8. The lowest BCUT2D eigenvalue weighted by Gasteiger charge is -2.12. The summed E-state index contributed by atoms with van der Waals surface area (Å²) in [7, 11) is 0. The molecule has 8 heteroatoms. The highest BCUT2D eigenvalue weighted by molar-refractivity contribution is 5.92. The summed E-state index contributed by atoms with van der Waals surface area (Å²) in [5.41, 5.74) is 6.55. The van der Waals surface area contributed by atoms with Gasteiger partial charge in [0.15, 0.2) is 0 Å². The van der Waals surface area contributed by atoms with Crippen LogP contribution in [0, 0.1) is 5.92 Å². The van der Waals surface area contributed by atoms with Gasteiger partial charge in [0, 0.05) is 36.0 Å². The molecule has 1 aliphatic rings.